The van der Waals surface area contributed by atoms with Crippen LogP contribution in [0, 0.1) is 35.5 Å². The number of carbonyl (C=O) groups is 2. The highest BCUT2D eigenvalue weighted by Crippen LogP contribution is 2.27. The van der Waals surface area contributed by atoms with Gasteiger partial charge in [0, 0.05) is 26.1 Å². The molecule has 3 unspecified atom stereocenters. The lowest BCUT2D eigenvalue weighted by atomic mass is 9.85. The van der Waals surface area contributed by atoms with E-state index in [1.165, 1.54) is 103 Å². The molecule has 0 saturated carbocycles. The molecule has 61 heavy (non-hydrogen) atoms. The minimum atomic E-state index is -0.0150. The molecule has 0 aromatic rings. The summed E-state index contributed by atoms with van der Waals surface area (Å²) >= 11 is 0. The van der Waals surface area contributed by atoms with Gasteiger partial charge in [0.05, 0.1) is 25.9 Å². The molecule has 364 valence electrons. The van der Waals surface area contributed by atoms with Crippen molar-refractivity contribution in [1.29, 1.82) is 0 Å². The van der Waals surface area contributed by atoms with Gasteiger partial charge >= 0.3 is 11.9 Å². The van der Waals surface area contributed by atoms with Gasteiger partial charge in [-0.3, -0.25) is 9.59 Å². The molecule has 0 bridgehead atoms. The molecule has 3 atom stereocenters. The van der Waals surface area contributed by atoms with Gasteiger partial charge in [-0.15, -0.1) is 0 Å². The number of carbonyl (C=O) groups excluding carboxylic acids is 2. The van der Waals surface area contributed by atoms with Crippen molar-refractivity contribution in [3.05, 3.63) is 0 Å². The minimum absolute atomic E-state index is 0.0110. The zero-order chi connectivity index (χ0) is 45.4. The number of hydrogen-bond donors (Lipinski definition) is 0. The van der Waals surface area contributed by atoms with Crippen molar-refractivity contribution in [2.24, 2.45) is 35.5 Å². The topological polar surface area (TPSA) is 74.3 Å². The Hall–Kier alpha value is -1.18. The largest absolute Gasteiger partial charge is 0.466 e. The zero-order valence-corrected chi connectivity index (χ0v) is 42.7. The van der Waals surface area contributed by atoms with Crippen LogP contribution in [0.1, 0.15) is 242 Å². The standard InChI is InChI=1S/C54H107NO6/c1-46(2)36-38-50(48(5)6)31-22-24-34-53(56)60-43-29-18-13-11-12-17-28-42-59-52(33-21-20-26-40-55(9)10)45-58-41-27-16-14-15-19-30-44-61-54(57)35-25-23-32-51(49(7)8)39-37-47(3)4/h46-52H,11-45H2,1-10H3. The first-order valence-electron chi connectivity index (χ1n) is 26.5. The molecule has 0 spiro atoms. The maximum Gasteiger partial charge on any atom is 0.305 e. The van der Waals surface area contributed by atoms with Crippen LogP contribution in [-0.4, -0.2) is 76.6 Å². The summed E-state index contributed by atoms with van der Waals surface area (Å²) in [5.74, 6) is 4.52. The van der Waals surface area contributed by atoms with E-state index in [1.807, 2.05) is 0 Å². The van der Waals surface area contributed by atoms with Gasteiger partial charge in [-0.05, 0) is 120 Å². The molecule has 0 aromatic heterocycles. The number of rotatable bonds is 46. The first-order chi connectivity index (χ1) is 29.3. The normalized spacial score (nSPS) is 13.6. The van der Waals surface area contributed by atoms with Crippen LogP contribution in [0.3, 0.4) is 0 Å². The molecule has 7 heteroatoms. The van der Waals surface area contributed by atoms with Crippen LogP contribution in [0.2, 0.25) is 0 Å². The van der Waals surface area contributed by atoms with E-state index >= 15 is 0 Å². The van der Waals surface area contributed by atoms with E-state index in [4.69, 9.17) is 18.9 Å². The molecule has 0 heterocycles. The summed E-state index contributed by atoms with van der Waals surface area (Å²) in [6.45, 7) is 23.2. The van der Waals surface area contributed by atoms with Gasteiger partial charge in [-0.2, -0.15) is 0 Å². The molecule has 0 aromatic carbocycles. The molecule has 0 saturated heterocycles. The average molecular weight is 866 g/mol. The molecule has 0 N–H and O–H groups in total. The van der Waals surface area contributed by atoms with Gasteiger partial charge in [0.1, 0.15) is 0 Å². The predicted octanol–water partition coefficient (Wildman–Crippen LogP) is 15.2. The maximum absolute atomic E-state index is 12.2. The van der Waals surface area contributed by atoms with Gasteiger partial charge in [0.2, 0.25) is 0 Å². The van der Waals surface area contributed by atoms with Crippen LogP contribution < -0.4 is 0 Å². The van der Waals surface area contributed by atoms with E-state index in [0.29, 0.717) is 32.7 Å². The summed E-state index contributed by atoms with van der Waals surface area (Å²) in [6.07, 6.45) is 32.9. The van der Waals surface area contributed by atoms with Gasteiger partial charge < -0.3 is 23.8 Å². The van der Waals surface area contributed by atoms with Crippen molar-refractivity contribution in [1.82, 2.24) is 4.90 Å². The van der Waals surface area contributed by atoms with Gasteiger partial charge in [-0.25, -0.2) is 0 Å². The third-order valence-electron chi connectivity index (χ3n) is 12.8. The lowest BCUT2D eigenvalue weighted by Crippen LogP contribution is -2.21. The predicted molar refractivity (Wildman–Crippen MR) is 261 cm³/mol. The van der Waals surface area contributed by atoms with Crippen molar-refractivity contribution in [3.8, 4) is 0 Å². The highest BCUT2D eigenvalue weighted by atomic mass is 16.5. The molecular formula is C54H107NO6. The SMILES string of the molecule is CC(C)CCC(CCCCC(=O)OCCCCCCCCCOC(CCCCCN(C)C)COCCCCCCCCOC(=O)CCCCC(CCC(C)C)C(C)C)C(C)C. The van der Waals surface area contributed by atoms with E-state index in [9.17, 15) is 9.59 Å². The summed E-state index contributed by atoms with van der Waals surface area (Å²) in [4.78, 5) is 26.7. The molecule has 0 amide bonds. The molecule has 0 fully saturated rings. The fourth-order valence-electron chi connectivity index (χ4n) is 8.34. The quantitative estimate of drug-likeness (QED) is 0.0446. The third kappa shape index (κ3) is 42.5. The molecular weight excluding hydrogens is 759 g/mol. The van der Waals surface area contributed by atoms with Crippen molar-refractivity contribution in [2.45, 2.75) is 248 Å². The minimum Gasteiger partial charge on any atom is -0.466 e. The summed E-state index contributed by atoms with van der Waals surface area (Å²) in [5, 5.41) is 0. The molecule has 0 aliphatic heterocycles. The molecule has 0 rings (SSSR count). The lowest BCUT2D eigenvalue weighted by molar-refractivity contribution is -0.144. The first kappa shape index (κ1) is 59.8. The van der Waals surface area contributed by atoms with Gasteiger partial charge in [0.15, 0.2) is 0 Å². The summed E-state index contributed by atoms with van der Waals surface area (Å²) in [6, 6.07) is 0. The van der Waals surface area contributed by atoms with Crippen molar-refractivity contribution in [2.75, 3.05) is 53.7 Å². The summed E-state index contributed by atoms with van der Waals surface area (Å²) < 4.78 is 23.6. The molecule has 0 radical (unpaired) electrons. The Morgan fingerprint density at radius 2 is 0.803 bits per heavy atom. The second kappa shape index (κ2) is 42.8. The van der Waals surface area contributed by atoms with Crippen LogP contribution in [-0.2, 0) is 28.5 Å². The van der Waals surface area contributed by atoms with E-state index < -0.39 is 0 Å². The highest BCUT2D eigenvalue weighted by Gasteiger charge is 2.16. The Labute approximate surface area is 381 Å². The third-order valence-corrected chi connectivity index (χ3v) is 12.8. The van der Waals surface area contributed by atoms with E-state index in [1.54, 1.807) is 0 Å². The monoisotopic (exact) mass is 866 g/mol. The van der Waals surface area contributed by atoms with Gasteiger partial charge in [-0.1, -0.05) is 165 Å². The summed E-state index contributed by atoms with van der Waals surface area (Å²) in [7, 11) is 4.29. The van der Waals surface area contributed by atoms with Crippen LogP contribution in [0.5, 0.6) is 0 Å². The molecule has 0 aliphatic carbocycles. The Bertz CT molecular complexity index is 886. The lowest BCUT2D eigenvalue weighted by Gasteiger charge is -2.21. The Morgan fingerprint density at radius 3 is 1.23 bits per heavy atom. The second-order valence-electron chi connectivity index (χ2n) is 20.7. The fraction of sp³-hybridized carbons (Fsp3) is 0.963. The van der Waals surface area contributed by atoms with E-state index in [-0.39, 0.29) is 18.0 Å². The van der Waals surface area contributed by atoms with Crippen molar-refractivity contribution in [3.63, 3.8) is 0 Å². The first-order valence-corrected chi connectivity index (χ1v) is 26.5. The Kier molecular flexibility index (Phi) is 41.9. The summed E-state index contributed by atoms with van der Waals surface area (Å²) in [5.41, 5.74) is 0. The number of hydrogen-bond acceptors (Lipinski definition) is 7. The van der Waals surface area contributed by atoms with Crippen LogP contribution in [0.4, 0.5) is 0 Å². The number of esters is 2. The number of unbranched alkanes of at least 4 members (excludes halogenated alkanes) is 15. The maximum atomic E-state index is 12.2. The van der Waals surface area contributed by atoms with Crippen LogP contribution >= 0.6 is 0 Å². The van der Waals surface area contributed by atoms with E-state index in [0.717, 1.165) is 126 Å². The zero-order valence-electron chi connectivity index (χ0n) is 42.7. The van der Waals surface area contributed by atoms with Crippen LogP contribution in [0.25, 0.3) is 0 Å². The molecule has 7 nitrogen and oxygen atoms in total. The Balaban J connectivity index is 3.96. The Morgan fingerprint density at radius 1 is 0.410 bits per heavy atom. The smallest absolute Gasteiger partial charge is 0.305 e. The average Bonchev–Trinajstić information content (AvgIpc) is 3.20. The number of nitrogens with zero attached hydrogens (tertiary/aromatic N) is 1. The van der Waals surface area contributed by atoms with E-state index in [2.05, 4.69) is 74.4 Å². The fourth-order valence-corrected chi connectivity index (χ4v) is 8.34. The van der Waals surface area contributed by atoms with Crippen molar-refractivity contribution >= 4 is 11.9 Å². The highest BCUT2D eigenvalue weighted by molar-refractivity contribution is 5.69. The second-order valence-corrected chi connectivity index (χ2v) is 20.7. The number of ether oxygens (including phenoxy) is 4. The van der Waals surface area contributed by atoms with Crippen molar-refractivity contribution < 1.29 is 28.5 Å². The van der Waals surface area contributed by atoms with Gasteiger partial charge in [0.25, 0.3) is 0 Å². The molecule has 0 aliphatic rings. The van der Waals surface area contributed by atoms with Crippen LogP contribution in [0.15, 0.2) is 0 Å².